The van der Waals surface area contributed by atoms with E-state index in [0.717, 1.165) is 109 Å². The van der Waals surface area contributed by atoms with E-state index in [1.54, 1.807) is 6.08 Å². The Hall–Kier alpha value is -3.16. The van der Waals surface area contributed by atoms with E-state index in [9.17, 15) is 35.1 Å². The number of hydrogen-bond donors (Lipinski definition) is 6. The van der Waals surface area contributed by atoms with Crippen LogP contribution in [0.4, 0.5) is 0 Å². The third kappa shape index (κ3) is 52.0. The molecule has 1 aliphatic heterocycles. The quantitative estimate of drug-likeness (QED) is 0.0195. The second kappa shape index (κ2) is 64.9. The molecule has 0 aliphatic carbocycles. The lowest BCUT2D eigenvalue weighted by Crippen LogP contribution is -2.61. The summed E-state index contributed by atoms with van der Waals surface area (Å²) < 4.78 is 17.7. The highest BCUT2D eigenvalue weighted by Crippen LogP contribution is 2.26. The molecule has 8 unspecified atom stereocenters. The van der Waals surface area contributed by atoms with Crippen molar-refractivity contribution in [2.75, 3.05) is 13.2 Å². The lowest BCUT2D eigenvalue weighted by Gasteiger charge is -2.41. The largest absolute Gasteiger partial charge is 0.454 e. The Morgan fingerprint density at radius 3 is 1.21 bits per heavy atom. The topological polar surface area (TPSA) is 175 Å². The second-order valence-corrected chi connectivity index (χ2v) is 25.7. The fraction of sp³-hybridized carbons (Fsp3) is 0.795. The van der Waals surface area contributed by atoms with Gasteiger partial charge in [-0.1, -0.05) is 337 Å². The summed E-state index contributed by atoms with van der Waals surface area (Å²) in [5.74, 6) is -1.19. The third-order valence-corrected chi connectivity index (χ3v) is 17.3. The Morgan fingerprint density at radius 1 is 0.449 bits per heavy atom. The fourth-order valence-electron chi connectivity index (χ4n) is 11.5. The molecule has 0 saturated carbocycles. The maximum atomic E-state index is 13.5. The highest BCUT2D eigenvalue weighted by molar-refractivity contribution is 5.80. The van der Waals surface area contributed by atoms with Crippen molar-refractivity contribution in [1.82, 2.24) is 5.32 Å². The average molecular weight is 1250 g/mol. The van der Waals surface area contributed by atoms with Gasteiger partial charge in [-0.25, -0.2) is 0 Å². The Balaban J connectivity index is 2.52. The van der Waals surface area contributed by atoms with Gasteiger partial charge in [-0.15, -0.1) is 0 Å². The summed E-state index contributed by atoms with van der Waals surface area (Å²) in [4.78, 5) is 26.7. The van der Waals surface area contributed by atoms with E-state index in [4.69, 9.17) is 14.2 Å². The molecular formula is C78H139NO10. The first kappa shape index (κ1) is 83.9. The summed E-state index contributed by atoms with van der Waals surface area (Å²) in [7, 11) is 0. The number of rotatable bonds is 64. The van der Waals surface area contributed by atoms with Gasteiger partial charge in [-0.3, -0.25) is 9.59 Å². The van der Waals surface area contributed by atoms with Crippen LogP contribution in [-0.4, -0.2) is 99.6 Å². The van der Waals surface area contributed by atoms with Crippen LogP contribution < -0.4 is 5.32 Å². The van der Waals surface area contributed by atoms with Gasteiger partial charge in [0.1, 0.15) is 24.4 Å². The summed E-state index contributed by atoms with van der Waals surface area (Å²) in [5, 5.41) is 57.3. The van der Waals surface area contributed by atoms with E-state index in [0.29, 0.717) is 19.3 Å². The number of allylic oxidation sites excluding steroid dienone is 13. The molecule has 0 spiro atoms. The van der Waals surface area contributed by atoms with Gasteiger partial charge >= 0.3 is 5.97 Å². The van der Waals surface area contributed by atoms with Crippen molar-refractivity contribution < 1.29 is 49.3 Å². The van der Waals surface area contributed by atoms with Crippen LogP contribution in [-0.2, 0) is 23.8 Å². The van der Waals surface area contributed by atoms with Crippen LogP contribution >= 0.6 is 0 Å². The number of hydrogen-bond acceptors (Lipinski definition) is 10. The minimum absolute atomic E-state index is 0.111. The fourth-order valence-corrected chi connectivity index (χ4v) is 11.5. The Bertz CT molecular complexity index is 1780. The molecule has 516 valence electrons. The third-order valence-electron chi connectivity index (χ3n) is 17.3. The van der Waals surface area contributed by atoms with Crippen molar-refractivity contribution in [3.05, 3.63) is 85.1 Å². The van der Waals surface area contributed by atoms with Crippen molar-refractivity contribution in [2.45, 2.75) is 384 Å². The molecule has 89 heavy (non-hydrogen) atoms. The first-order chi connectivity index (χ1) is 43.7. The lowest BCUT2D eigenvalue weighted by atomic mass is 9.99. The summed E-state index contributed by atoms with van der Waals surface area (Å²) >= 11 is 0. The molecule has 11 heteroatoms. The number of nitrogens with one attached hydrogen (secondary N) is 1. The Kier molecular flexibility index (Phi) is 61.2. The SMILES string of the molecule is CC/C=C\C/C=C\C/C=C\C/C=C\C/C=C\C/C=C\CCCCCCCCCCC(=O)OC1C(OCC(NC(=O)C(O)CCCCCCCCCCCCCCCCCCCCCCCC)C(O)/C=C/CCCCCCCCCCC)OC(CO)C(O)C1O. The van der Waals surface area contributed by atoms with Gasteiger partial charge in [0.2, 0.25) is 5.91 Å². The summed E-state index contributed by atoms with van der Waals surface area (Å²) in [6, 6.07) is -1.03. The molecule has 0 aromatic carbocycles. The highest BCUT2D eigenvalue weighted by atomic mass is 16.7. The molecule has 1 aliphatic rings. The molecule has 1 fully saturated rings. The van der Waals surface area contributed by atoms with Crippen LogP contribution in [0.25, 0.3) is 0 Å². The number of unbranched alkanes of at least 4 members (excludes halogenated alkanes) is 38. The molecule has 0 radical (unpaired) electrons. The van der Waals surface area contributed by atoms with Crippen molar-refractivity contribution in [2.24, 2.45) is 0 Å². The van der Waals surface area contributed by atoms with Crippen molar-refractivity contribution in [3.63, 3.8) is 0 Å². The summed E-state index contributed by atoms with van der Waals surface area (Å²) in [6.45, 7) is 5.71. The highest BCUT2D eigenvalue weighted by Gasteiger charge is 2.47. The van der Waals surface area contributed by atoms with E-state index >= 15 is 0 Å². The molecule has 8 atom stereocenters. The first-order valence-electron chi connectivity index (χ1n) is 37.4. The van der Waals surface area contributed by atoms with Crippen molar-refractivity contribution >= 4 is 11.9 Å². The number of carbonyl (C=O) groups excluding carboxylic acids is 2. The van der Waals surface area contributed by atoms with Crippen LogP contribution in [0.3, 0.4) is 0 Å². The zero-order valence-corrected chi connectivity index (χ0v) is 57.5. The van der Waals surface area contributed by atoms with Crippen molar-refractivity contribution in [1.29, 1.82) is 0 Å². The number of aliphatic hydroxyl groups is 5. The average Bonchev–Trinajstić information content (AvgIpc) is 1.43. The van der Waals surface area contributed by atoms with Crippen LogP contribution in [0, 0.1) is 0 Å². The van der Waals surface area contributed by atoms with Crippen LogP contribution in [0.1, 0.15) is 335 Å². The molecular weight excluding hydrogens is 1110 g/mol. The van der Waals surface area contributed by atoms with E-state index in [2.05, 4.69) is 99.0 Å². The van der Waals surface area contributed by atoms with Gasteiger partial charge in [-0.2, -0.15) is 0 Å². The molecule has 0 aromatic heterocycles. The zero-order chi connectivity index (χ0) is 64.6. The molecule has 1 saturated heterocycles. The van der Waals surface area contributed by atoms with E-state index in [1.165, 1.54) is 180 Å². The van der Waals surface area contributed by atoms with Gasteiger partial charge in [-0.05, 0) is 77.0 Å². The van der Waals surface area contributed by atoms with Gasteiger partial charge in [0.05, 0.1) is 25.4 Å². The van der Waals surface area contributed by atoms with E-state index in [-0.39, 0.29) is 13.0 Å². The Labute approximate surface area is 546 Å². The van der Waals surface area contributed by atoms with Gasteiger partial charge < -0.3 is 45.1 Å². The van der Waals surface area contributed by atoms with E-state index in [1.807, 2.05) is 6.08 Å². The predicted octanol–water partition coefficient (Wildman–Crippen LogP) is 19.6. The first-order valence-corrected chi connectivity index (χ1v) is 37.4. The Morgan fingerprint density at radius 2 is 0.809 bits per heavy atom. The molecule has 0 bridgehead atoms. The molecule has 1 heterocycles. The minimum atomic E-state index is -1.62. The smallest absolute Gasteiger partial charge is 0.306 e. The van der Waals surface area contributed by atoms with Crippen LogP contribution in [0.2, 0.25) is 0 Å². The molecule has 0 aromatic rings. The number of esters is 1. The number of ether oxygens (including phenoxy) is 3. The van der Waals surface area contributed by atoms with Crippen LogP contribution in [0.5, 0.6) is 0 Å². The lowest BCUT2D eigenvalue weighted by molar-refractivity contribution is -0.305. The standard InChI is InChI=1S/C78H139NO10/c1-4-7-10-13-16-19-22-24-26-28-30-32-34-35-36-37-38-40-42-44-46-48-51-54-57-60-63-66-73(83)89-76-75(85)74(84)72(67-80)88-78(76)87-68-69(70(81)64-61-58-55-52-49-21-18-15-12-9-6-3)79-77(86)71(82)65-62-59-56-53-50-47-45-43-41-39-33-31-29-27-25-23-20-17-14-11-8-5-2/h7,10,16,19,24,26,30,32,35-36,38,40,61,64,69-72,74-76,78,80-82,84-85H,4-6,8-9,11-15,17-18,20-23,25,27-29,31,33-34,37,39,41-60,62-63,65-68H2,1-3H3,(H,79,86)/b10-7-,19-16-,26-24-,32-30-,36-35-,40-38-,64-61+. The summed E-state index contributed by atoms with van der Waals surface area (Å²) in [5.41, 5.74) is 0. The van der Waals surface area contributed by atoms with E-state index < -0.39 is 67.4 Å². The maximum Gasteiger partial charge on any atom is 0.306 e. The monoisotopic (exact) mass is 1250 g/mol. The predicted molar refractivity (Wildman–Crippen MR) is 375 cm³/mol. The van der Waals surface area contributed by atoms with Crippen molar-refractivity contribution in [3.8, 4) is 0 Å². The molecule has 1 amide bonds. The molecule has 11 nitrogen and oxygen atoms in total. The number of amides is 1. The number of carbonyl (C=O) groups is 2. The van der Waals surface area contributed by atoms with Gasteiger partial charge in [0.15, 0.2) is 12.4 Å². The van der Waals surface area contributed by atoms with Crippen LogP contribution in [0.15, 0.2) is 85.1 Å². The summed E-state index contributed by atoms with van der Waals surface area (Å²) in [6.07, 6.45) is 76.3. The molecule has 1 rings (SSSR count). The maximum absolute atomic E-state index is 13.5. The van der Waals surface area contributed by atoms with Gasteiger partial charge in [0, 0.05) is 6.42 Å². The minimum Gasteiger partial charge on any atom is -0.454 e. The zero-order valence-electron chi connectivity index (χ0n) is 57.5. The normalized spacial score (nSPS) is 18.6. The number of aliphatic hydroxyl groups excluding tert-OH is 5. The second-order valence-electron chi connectivity index (χ2n) is 25.7. The van der Waals surface area contributed by atoms with Gasteiger partial charge in [0.25, 0.3) is 0 Å². The molecule has 6 N–H and O–H groups in total.